The zero-order chi connectivity index (χ0) is 20.1. The van der Waals surface area contributed by atoms with E-state index in [1.54, 1.807) is 56.3 Å². The van der Waals surface area contributed by atoms with Crippen LogP contribution in [-0.4, -0.2) is 30.4 Å². The van der Waals surface area contributed by atoms with Gasteiger partial charge in [0.1, 0.15) is 4.90 Å². The molecule has 9 heteroatoms. The van der Waals surface area contributed by atoms with E-state index in [0.717, 1.165) is 4.90 Å². The number of aryl methyl sites for hydroxylation is 2. The average molecular weight is 396 g/mol. The van der Waals surface area contributed by atoms with Crippen LogP contribution in [0, 0.1) is 13.8 Å². The molecule has 0 saturated carbocycles. The molecule has 3 aromatic rings. The van der Waals surface area contributed by atoms with Crippen molar-refractivity contribution in [2.45, 2.75) is 18.7 Å². The van der Waals surface area contributed by atoms with Crippen molar-refractivity contribution in [2.24, 2.45) is 0 Å². The molecule has 0 atom stereocenters. The fourth-order valence-electron chi connectivity index (χ4n) is 3.28. The van der Waals surface area contributed by atoms with Gasteiger partial charge in [-0.05, 0) is 44.2 Å². The van der Waals surface area contributed by atoms with Gasteiger partial charge >= 0.3 is 0 Å². The second-order valence-corrected chi connectivity index (χ2v) is 8.03. The highest BCUT2D eigenvalue weighted by Gasteiger charge is 2.36. The maximum Gasteiger partial charge on any atom is 0.266 e. The lowest BCUT2D eigenvalue weighted by Crippen LogP contribution is -2.29. The number of nitrogens with one attached hydrogen (secondary N) is 2. The molecule has 28 heavy (non-hydrogen) atoms. The number of hydrogen-bond donors (Lipinski definition) is 2. The molecule has 0 spiro atoms. The quantitative estimate of drug-likeness (QED) is 0.659. The molecule has 0 saturated heterocycles. The predicted octanol–water partition coefficient (Wildman–Crippen LogP) is 2.63. The molecule has 0 radical (unpaired) electrons. The Hall–Kier alpha value is -3.46. The Kier molecular flexibility index (Phi) is 4.04. The van der Waals surface area contributed by atoms with Crippen LogP contribution in [0.1, 0.15) is 32.1 Å². The normalized spacial score (nSPS) is 13.7. The van der Waals surface area contributed by atoms with E-state index in [-0.39, 0.29) is 16.3 Å². The minimum atomic E-state index is -3.88. The van der Waals surface area contributed by atoms with Crippen LogP contribution < -0.4 is 9.62 Å². The molecular weight excluding hydrogens is 380 g/mol. The Labute approximate surface area is 161 Å². The fourth-order valence-corrected chi connectivity index (χ4v) is 4.70. The maximum absolute atomic E-state index is 12.7. The minimum Gasteiger partial charge on any atom is -0.281 e. The third kappa shape index (κ3) is 2.76. The summed E-state index contributed by atoms with van der Waals surface area (Å²) in [7, 11) is -3.88. The van der Waals surface area contributed by atoms with Crippen LogP contribution >= 0.6 is 0 Å². The minimum absolute atomic E-state index is 0.0682. The summed E-state index contributed by atoms with van der Waals surface area (Å²) in [5.41, 5.74) is 1.93. The Morgan fingerprint density at radius 3 is 2.18 bits per heavy atom. The Bertz CT molecular complexity index is 1180. The third-order valence-electron chi connectivity index (χ3n) is 4.48. The molecule has 1 aliphatic heterocycles. The Balaban J connectivity index is 1.68. The molecule has 142 valence electrons. The molecule has 2 heterocycles. The number of imide groups is 1. The van der Waals surface area contributed by atoms with Gasteiger partial charge in [0.2, 0.25) is 0 Å². The van der Waals surface area contributed by atoms with Gasteiger partial charge in [0, 0.05) is 0 Å². The van der Waals surface area contributed by atoms with Gasteiger partial charge in [-0.2, -0.15) is 5.10 Å². The second-order valence-electron chi connectivity index (χ2n) is 6.41. The number of carbonyl (C=O) groups excluding carboxylic acids is 2. The Morgan fingerprint density at radius 1 is 0.964 bits per heavy atom. The first-order chi connectivity index (χ1) is 13.3. The van der Waals surface area contributed by atoms with E-state index in [1.165, 1.54) is 6.07 Å². The van der Waals surface area contributed by atoms with Crippen LogP contribution in [0.4, 0.5) is 11.4 Å². The van der Waals surface area contributed by atoms with Gasteiger partial charge in [-0.1, -0.05) is 18.2 Å². The highest BCUT2D eigenvalue weighted by atomic mass is 32.2. The molecule has 0 aliphatic carbocycles. The van der Waals surface area contributed by atoms with Crippen molar-refractivity contribution in [1.29, 1.82) is 0 Å². The molecule has 8 nitrogen and oxygen atoms in total. The Morgan fingerprint density at radius 2 is 1.61 bits per heavy atom. The lowest BCUT2D eigenvalue weighted by molar-refractivity contribution is 0.0926. The van der Waals surface area contributed by atoms with Crippen LogP contribution in [-0.2, 0) is 10.0 Å². The van der Waals surface area contributed by atoms with Gasteiger partial charge in [0.05, 0.1) is 33.9 Å². The summed E-state index contributed by atoms with van der Waals surface area (Å²) < 4.78 is 27.9. The summed E-state index contributed by atoms with van der Waals surface area (Å²) in [6.07, 6.45) is 0. The zero-order valence-electron chi connectivity index (χ0n) is 15.1. The topological polar surface area (TPSA) is 112 Å². The smallest absolute Gasteiger partial charge is 0.266 e. The molecule has 0 bridgehead atoms. The summed E-state index contributed by atoms with van der Waals surface area (Å²) in [6.45, 7) is 3.21. The predicted molar refractivity (Wildman–Crippen MR) is 103 cm³/mol. The zero-order valence-corrected chi connectivity index (χ0v) is 15.9. The van der Waals surface area contributed by atoms with Crippen molar-refractivity contribution >= 4 is 33.2 Å². The van der Waals surface area contributed by atoms with Crippen LogP contribution in [0.3, 0.4) is 0 Å². The van der Waals surface area contributed by atoms with Gasteiger partial charge in [0.25, 0.3) is 21.8 Å². The largest absolute Gasteiger partial charge is 0.281 e. The molecule has 4 rings (SSSR count). The number of aromatic nitrogens is 2. The van der Waals surface area contributed by atoms with Gasteiger partial charge in [0.15, 0.2) is 0 Å². The van der Waals surface area contributed by atoms with E-state index in [2.05, 4.69) is 14.9 Å². The standard InChI is InChI=1S/C19H16N4O4S/c1-11-17(12(2)21-20-11)28(26,27)22-13-6-5-7-14(10-13)23-18(24)15-8-3-4-9-16(15)19(23)25/h3-10,22H,1-2H3,(H,20,21). The van der Waals surface area contributed by atoms with Crippen LogP contribution in [0.15, 0.2) is 53.4 Å². The van der Waals surface area contributed by atoms with Crippen LogP contribution in [0.5, 0.6) is 0 Å². The number of H-pyrrole nitrogens is 1. The highest BCUT2D eigenvalue weighted by molar-refractivity contribution is 7.92. The fraction of sp³-hybridized carbons (Fsp3) is 0.105. The first-order valence-corrected chi connectivity index (χ1v) is 9.90. The van der Waals surface area contributed by atoms with Crippen LogP contribution in [0.25, 0.3) is 0 Å². The molecule has 2 aromatic carbocycles. The highest BCUT2D eigenvalue weighted by Crippen LogP contribution is 2.30. The van der Waals surface area contributed by atoms with E-state index in [9.17, 15) is 18.0 Å². The number of benzene rings is 2. The van der Waals surface area contributed by atoms with Gasteiger partial charge in [-0.25, -0.2) is 13.3 Å². The first kappa shape index (κ1) is 17.9. The number of sulfonamides is 1. The number of hydrogen-bond acceptors (Lipinski definition) is 5. The average Bonchev–Trinajstić information content (AvgIpc) is 3.12. The monoisotopic (exact) mass is 396 g/mol. The number of nitrogens with zero attached hydrogens (tertiary/aromatic N) is 2. The van der Waals surface area contributed by atoms with E-state index in [4.69, 9.17) is 0 Å². The lowest BCUT2D eigenvalue weighted by Gasteiger charge is -2.16. The summed E-state index contributed by atoms with van der Waals surface area (Å²) in [5.74, 6) is -0.885. The second kappa shape index (κ2) is 6.31. The number of carbonyl (C=O) groups is 2. The number of fused-ring (bicyclic) bond motifs is 1. The summed E-state index contributed by atoms with van der Waals surface area (Å²) in [5, 5.41) is 6.55. The van der Waals surface area contributed by atoms with E-state index < -0.39 is 21.8 Å². The molecule has 1 aliphatic rings. The number of aromatic amines is 1. The molecule has 2 N–H and O–H groups in total. The third-order valence-corrected chi connectivity index (χ3v) is 6.12. The van der Waals surface area contributed by atoms with E-state index >= 15 is 0 Å². The van der Waals surface area contributed by atoms with Crippen molar-refractivity contribution in [2.75, 3.05) is 9.62 Å². The summed E-state index contributed by atoms with van der Waals surface area (Å²) in [6, 6.07) is 12.7. The van der Waals surface area contributed by atoms with Crippen molar-refractivity contribution < 1.29 is 18.0 Å². The van der Waals surface area contributed by atoms with Crippen molar-refractivity contribution in [3.63, 3.8) is 0 Å². The molecule has 0 fully saturated rings. The van der Waals surface area contributed by atoms with E-state index in [0.29, 0.717) is 22.5 Å². The summed E-state index contributed by atoms with van der Waals surface area (Å²) in [4.78, 5) is 26.4. The number of amides is 2. The number of anilines is 2. The van der Waals surface area contributed by atoms with Gasteiger partial charge in [-0.3, -0.25) is 19.4 Å². The summed E-state index contributed by atoms with van der Waals surface area (Å²) >= 11 is 0. The lowest BCUT2D eigenvalue weighted by atomic mass is 10.1. The first-order valence-electron chi connectivity index (χ1n) is 8.42. The maximum atomic E-state index is 12.7. The molecule has 1 aromatic heterocycles. The van der Waals surface area contributed by atoms with Crippen molar-refractivity contribution in [1.82, 2.24) is 10.2 Å². The SMILES string of the molecule is Cc1n[nH]c(C)c1S(=O)(=O)Nc1cccc(N2C(=O)c3ccccc3C2=O)c1. The molecular formula is C19H16N4O4S. The van der Waals surface area contributed by atoms with Gasteiger partial charge in [-0.15, -0.1) is 0 Å². The van der Waals surface area contributed by atoms with Crippen molar-refractivity contribution in [3.05, 3.63) is 71.0 Å². The number of rotatable bonds is 4. The van der Waals surface area contributed by atoms with E-state index in [1.807, 2.05) is 0 Å². The van der Waals surface area contributed by atoms with Crippen molar-refractivity contribution in [3.8, 4) is 0 Å². The molecule has 2 amide bonds. The molecule has 0 unspecified atom stereocenters. The van der Waals surface area contributed by atoms with Crippen LogP contribution in [0.2, 0.25) is 0 Å². The van der Waals surface area contributed by atoms with Gasteiger partial charge < -0.3 is 0 Å².